The summed E-state index contributed by atoms with van der Waals surface area (Å²) in [5.74, 6) is 1.48. The van der Waals surface area contributed by atoms with E-state index in [-0.39, 0.29) is 17.6 Å². The normalized spacial score (nSPS) is 16.3. The highest BCUT2D eigenvalue weighted by atomic mass is 19.1. The van der Waals surface area contributed by atoms with E-state index in [0.717, 1.165) is 48.5 Å². The van der Waals surface area contributed by atoms with E-state index in [4.69, 9.17) is 4.74 Å². The predicted molar refractivity (Wildman–Crippen MR) is 121 cm³/mol. The van der Waals surface area contributed by atoms with E-state index >= 15 is 0 Å². The van der Waals surface area contributed by atoms with Crippen LogP contribution in [0.1, 0.15) is 35.4 Å². The Kier molecular flexibility index (Phi) is 5.84. The Balaban J connectivity index is 1.31. The molecule has 9 nitrogen and oxygen atoms in total. The molecule has 0 radical (unpaired) electrons. The zero-order valence-corrected chi connectivity index (χ0v) is 18.9. The van der Waals surface area contributed by atoms with E-state index in [1.165, 1.54) is 6.07 Å². The van der Waals surface area contributed by atoms with Crippen LogP contribution in [0.2, 0.25) is 0 Å². The second-order valence-corrected chi connectivity index (χ2v) is 8.91. The number of benzene rings is 1. The molecule has 1 fully saturated rings. The molecule has 1 N–H and O–H groups in total. The van der Waals surface area contributed by atoms with Crippen molar-refractivity contribution in [1.29, 1.82) is 0 Å². The average molecular weight is 454 g/mol. The molecule has 0 bridgehead atoms. The lowest BCUT2D eigenvalue weighted by Crippen LogP contribution is -2.42. The molecule has 0 unspecified atom stereocenters. The molecule has 33 heavy (non-hydrogen) atoms. The Morgan fingerprint density at radius 2 is 2.12 bits per heavy atom. The lowest BCUT2D eigenvalue weighted by Gasteiger charge is -2.32. The van der Waals surface area contributed by atoms with Gasteiger partial charge in [-0.15, -0.1) is 10.2 Å². The monoisotopic (exact) mass is 453 g/mol. The number of carbonyl (C=O) groups excluding carboxylic acids is 1. The lowest BCUT2D eigenvalue weighted by atomic mass is 9.90. The third-order valence-electron chi connectivity index (χ3n) is 6.46. The van der Waals surface area contributed by atoms with Gasteiger partial charge in [-0.25, -0.2) is 9.37 Å². The number of likely N-dealkylation sites (tertiary alicyclic amines) is 1. The number of hydrogen-bond donors (Lipinski definition) is 1. The molecular weight excluding hydrogens is 425 g/mol. The fourth-order valence-corrected chi connectivity index (χ4v) is 4.74. The van der Waals surface area contributed by atoms with Gasteiger partial charge in [0.15, 0.2) is 5.65 Å². The average Bonchev–Trinajstić information content (AvgIpc) is 3.48. The first-order valence-electron chi connectivity index (χ1n) is 11.3. The molecule has 1 aromatic carbocycles. The Hall–Kier alpha value is -3.27. The summed E-state index contributed by atoms with van der Waals surface area (Å²) in [7, 11) is 3.81. The van der Waals surface area contributed by atoms with Crippen molar-refractivity contribution in [3.8, 4) is 5.75 Å². The number of nitrogens with zero attached hydrogens (tertiary/aromatic N) is 6. The van der Waals surface area contributed by atoms with Crippen molar-refractivity contribution in [2.75, 3.05) is 45.7 Å². The number of nitrogens with one attached hydrogen (secondary N) is 1. The van der Waals surface area contributed by atoms with Gasteiger partial charge in [-0.3, -0.25) is 9.20 Å². The third-order valence-corrected chi connectivity index (χ3v) is 6.46. The summed E-state index contributed by atoms with van der Waals surface area (Å²) >= 11 is 0. The van der Waals surface area contributed by atoms with Crippen LogP contribution in [0.4, 0.5) is 10.3 Å². The van der Waals surface area contributed by atoms with Crippen LogP contribution in [0.15, 0.2) is 24.7 Å². The number of anilines is 1. The van der Waals surface area contributed by atoms with Crippen molar-refractivity contribution in [2.24, 2.45) is 0 Å². The Labute approximate surface area is 191 Å². The minimum atomic E-state index is -0.251. The number of fused-ring (bicyclic) bond motifs is 2. The van der Waals surface area contributed by atoms with Gasteiger partial charge in [0.1, 0.15) is 17.9 Å². The molecule has 3 aromatic rings. The third kappa shape index (κ3) is 4.22. The van der Waals surface area contributed by atoms with Crippen molar-refractivity contribution in [1.82, 2.24) is 29.4 Å². The Morgan fingerprint density at radius 1 is 1.30 bits per heavy atom. The quantitative estimate of drug-likeness (QED) is 0.611. The molecule has 2 aliphatic heterocycles. The van der Waals surface area contributed by atoms with Gasteiger partial charge in [-0.05, 0) is 45.0 Å². The number of likely N-dealkylation sites (N-methyl/N-ethyl adjacent to an activating group) is 1. The maximum absolute atomic E-state index is 14.5. The molecule has 1 amide bonds. The van der Waals surface area contributed by atoms with E-state index in [1.807, 2.05) is 34.5 Å². The number of hydrogen-bond acceptors (Lipinski definition) is 7. The second-order valence-electron chi connectivity index (χ2n) is 8.91. The van der Waals surface area contributed by atoms with Crippen LogP contribution in [0, 0.1) is 5.82 Å². The molecule has 10 heteroatoms. The maximum atomic E-state index is 14.5. The Bertz CT molecular complexity index is 1170. The van der Waals surface area contributed by atoms with Crippen LogP contribution in [0.3, 0.4) is 0 Å². The van der Waals surface area contributed by atoms with E-state index in [1.54, 1.807) is 12.4 Å². The van der Waals surface area contributed by atoms with Crippen LogP contribution in [0.25, 0.3) is 5.65 Å². The second kappa shape index (κ2) is 8.93. The first-order valence-corrected chi connectivity index (χ1v) is 11.3. The summed E-state index contributed by atoms with van der Waals surface area (Å²) in [4.78, 5) is 20.8. The van der Waals surface area contributed by atoms with E-state index in [0.29, 0.717) is 37.6 Å². The van der Waals surface area contributed by atoms with E-state index in [2.05, 4.69) is 20.5 Å². The number of carbonyl (C=O) groups is 1. The van der Waals surface area contributed by atoms with E-state index < -0.39 is 0 Å². The lowest BCUT2D eigenvalue weighted by molar-refractivity contribution is -0.132. The minimum absolute atomic E-state index is 0.161. The van der Waals surface area contributed by atoms with Crippen molar-refractivity contribution < 1.29 is 13.9 Å². The van der Waals surface area contributed by atoms with Crippen molar-refractivity contribution in [3.63, 3.8) is 0 Å². The van der Waals surface area contributed by atoms with Crippen LogP contribution in [-0.4, -0.2) is 75.6 Å². The molecule has 2 aromatic heterocycles. The fourth-order valence-electron chi connectivity index (χ4n) is 4.74. The van der Waals surface area contributed by atoms with Crippen LogP contribution >= 0.6 is 0 Å². The molecule has 0 atom stereocenters. The molecule has 5 rings (SSSR count). The molecule has 2 aliphatic rings. The van der Waals surface area contributed by atoms with Crippen LogP contribution < -0.4 is 10.1 Å². The standard InChI is InChI=1S/C23H28FN7O2/c1-29(2)13-21(32)30-8-5-15(6-9-30)17-11-25-23(31-14-27-28-22(17)31)26-12-18-16-7-10-33-20(16)4-3-19(18)24/h3-4,11,14-15H,5-10,12-13H2,1-2H3,(H,25,26). The molecule has 174 valence electrons. The topological polar surface area (TPSA) is 87.9 Å². The molecule has 1 saturated heterocycles. The molecular formula is C23H28FN7O2. The van der Waals surface area contributed by atoms with Crippen molar-refractivity contribution in [2.45, 2.75) is 31.7 Å². The molecule has 0 saturated carbocycles. The summed E-state index contributed by atoms with van der Waals surface area (Å²) in [6, 6.07) is 3.13. The SMILES string of the molecule is CN(C)CC(=O)N1CCC(c2cnc(NCc3c(F)ccc4c3CCO4)n3cnnc23)CC1. The van der Waals surface area contributed by atoms with Gasteiger partial charge in [0.2, 0.25) is 11.9 Å². The van der Waals surface area contributed by atoms with Gasteiger partial charge in [0.25, 0.3) is 0 Å². The smallest absolute Gasteiger partial charge is 0.236 e. The van der Waals surface area contributed by atoms with Gasteiger partial charge < -0.3 is 19.9 Å². The number of piperidine rings is 1. The summed E-state index contributed by atoms with van der Waals surface area (Å²) in [5, 5.41) is 11.7. The first-order chi connectivity index (χ1) is 16.0. The van der Waals surface area contributed by atoms with E-state index in [9.17, 15) is 9.18 Å². The zero-order valence-electron chi connectivity index (χ0n) is 18.9. The largest absolute Gasteiger partial charge is 0.493 e. The number of ether oxygens (including phenoxy) is 1. The zero-order chi connectivity index (χ0) is 22.9. The van der Waals surface area contributed by atoms with Crippen molar-refractivity contribution >= 4 is 17.5 Å². The summed E-state index contributed by atoms with van der Waals surface area (Å²) < 4.78 is 21.9. The fraction of sp³-hybridized carbons (Fsp3) is 0.478. The highest BCUT2D eigenvalue weighted by Crippen LogP contribution is 2.32. The van der Waals surface area contributed by atoms with Gasteiger partial charge in [0, 0.05) is 48.9 Å². The number of rotatable bonds is 6. The van der Waals surface area contributed by atoms with Crippen LogP contribution in [-0.2, 0) is 17.8 Å². The van der Waals surface area contributed by atoms with Gasteiger partial charge >= 0.3 is 0 Å². The van der Waals surface area contributed by atoms with Gasteiger partial charge in [0.05, 0.1) is 13.2 Å². The number of halogens is 1. The molecule has 4 heterocycles. The number of amides is 1. The molecule has 0 aliphatic carbocycles. The number of aromatic nitrogens is 4. The summed E-state index contributed by atoms with van der Waals surface area (Å²) in [6.45, 7) is 2.74. The van der Waals surface area contributed by atoms with Gasteiger partial charge in [-0.1, -0.05) is 0 Å². The highest BCUT2D eigenvalue weighted by molar-refractivity contribution is 5.78. The molecule has 0 spiro atoms. The Morgan fingerprint density at radius 3 is 2.91 bits per heavy atom. The van der Waals surface area contributed by atoms with Gasteiger partial charge in [-0.2, -0.15) is 0 Å². The first kappa shape index (κ1) is 21.6. The summed E-state index contributed by atoms with van der Waals surface area (Å²) in [6.07, 6.45) is 5.88. The highest BCUT2D eigenvalue weighted by Gasteiger charge is 2.27. The summed E-state index contributed by atoms with van der Waals surface area (Å²) in [5.41, 5.74) is 3.28. The predicted octanol–water partition coefficient (Wildman–Crippen LogP) is 2.08. The maximum Gasteiger partial charge on any atom is 0.236 e. The van der Waals surface area contributed by atoms with Crippen LogP contribution in [0.5, 0.6) is 5.75 Å². The minimum Gasteiger partial charge on any atom is -0.493 e. The van der Waals surface area contributed by atoms with Crippen molar-refractivity contribution in [3.05, 3.63) is 47.2 Å².